The largest absolute Gasteiger partial charge is 0.439 e. The van der Waals surface area contributed by atoms with E-state index in [4.69, 9.17) is 4.74 Å². The number of amides is 2. The van der Waals surface area contributed by atoms with Gasteiger partial charge in [-0.2, -0.15) is 0 Å². The van der Waals surface area contributed by atoms with Crippen LogP contribution in [0.15, 0.2) is 0 Å². The predicted octanol–water partition coefficient (Wildman–Crippen LogP) is 2.21. The van der Waals surface area contributed by atoms with Crippen LogP contribution in [0, 0.1) is 0 Å². The Morgan fingerprint density at radius 1 is 1.00 bits per heavy atom. The van der Waals surface area contributed by atoms with E-state index in [1.54, 1.807) is 0 Å². The van der Waals surface area contributed by atoms with Gasteiger partial charge in [0.05, 0.1) is 0 Å². The molecule has 0 heterocycles. The average Bonchev–Trinajstić information content (AvgIpc) is 2.39. The molecule has 0 fully saturated rings. The maximum absolute atomic E-state index is 11.1. The van der Waals surface area contributed by atoms with Crippen LogP contribution in [0.3, 0.4) is 0 Å². The van der Waals surface area contributed by atoms with Crippen LogP contribution in [-0.2, 0) is 9.53 Å². The lowest BCUT2D eigenvalue weighted by atomic mass is 10.1. The number of rotatable bonds is 10. The first-order valence-corrected chi connectivity index (χ1v) is 6.82. The number of carbonyl (C=O) groups is 2. The predicted molar refractivity (Wildman–Crippen MR) is 71.4 cm³/mol. The summed E-state index contributed by atoms with van der Waals surface area (Å²) in [4.78, 5) is 21.9. The molecule has 0 bridgehead atoms. The fraction of sp³-hybridized carbons (Fsp3) is 0.846. The van der Waals surface area contributed by atoms with Crippen molar-refractivity contribution in [3.8, 4) is 0 Å². The van der Waals surface area contributed by atoms with Gasteiger partial charge in [0.15, 0.2) is 6.61 Å². The number of ether oxygens (including phenoxy) is 1. The topological polar surface area (TPSA) is 67.4 Å². The first-order chi connectivity index (χ1) is 8.70. The van der Waals surface area contributed by atoms with E-state index in [0.717, 1.165) is 12.8 Å². The van der Waals surface area contributed by atoms with Gasteiger partial charge in [-0.1, -0.05) is 45.4 Å². The van der Waals surface area contributed by atoms with E-state index < -0.39 is 6.09 Å². The molecule has 18 heavy (non-hydrogen) atoms. The highest BCUT2D eigenvalue weighted by molar-refractivity contribution is 5.79. The fourth-order valence-corrected chi connectivity index (χ4v) is 1.53. The molecule has 0 aliphatic heterocycles. The van der Waals surface area contributed by atoms with Crippen molar-refractivity contribution in [1.82, 2.24) is 10.6 Å². The number of unbranched alkanes of at least 4 members (excludes halogenated alkanes) is 6. The third-order valence-corrected chi connectivity index (χ3v) is 2.66. The summed E-state index contributed by atoms with van der Waals surface area (Å²) in [5.74, 6) is -0.305. The lowest BCUT2D eigenvalue weighted by molar-refractivity contribution is -0.123. The highest BCUT2D eigenvalue weighted by Crippen LogP contribution is 2.06. The molecule has 0 saturated carbocycles. The van der Waals surface area contributed by atoms with E-state index in [-0.39, 0.29) is 12.5 Å². The van der Waals surface area contributed by atoms with Gasteiger partial charge in [-0.15, -0.1) is 0 Å². The summed E-state index contributed by atoms with van der Waals surface area (Å²) < 4.78 is 4.69. The summed E-state index contributed by atoms with van der Waals surface area (Å²) in [6, 6.07) is 0. The second kappa shape index (κ2) is 12.2. The molecule has 0 atom stereocenters. The van der Waals surface area contributed by atoms with Crippen LogP contribution in [0.25, 0.3) is 0 Å². The van der Waals surface area contributed by atoms with Crippen molar-refractivity contribution < 1.29 is 14.3 Å². The van der Waals surface area contributed by atoms with E-state index in [2.05, 4.69) is 17.6 Å². The van der Waals surface area contributed by atoms with Crippen LogP contribution >= 0.6 is 0 Å². The molecule has 2 N–H and O–H groups in total. The van der Waals surface area contributed by atoms with Crippen LogP contribution in [-0.4, -0.2) is 32.2 Å². The number of alkyl carbamates (subject to hydrolysis) is 1. The maximum atomic E-state index is 11.1. The standard InChI is InChI=1S/C13H26N2O3/c1-3-4-5-6-7-8-9-10-15-13(17)18-11-12(16)14-2/h3-11H2,1-2H3,(H,14,16)(H,15,17). The second-order valence-corrected chi connectivity index (χ2v) is 4.30. The quantitative estimate of drug-likeness (QED) is 0.590. The molecule has 0 rings (SSSR count). The molecule has 5 nitrogen and oxygen atoms in total. The molecule has 0 saturated heterocycles. The van der Waals surface area contributed by atoms with Crippen molar-refractivity contribution in [2.45, 2.75) is 51.9 Å². The van der Waals surface area contributed by atoms with E-state index >= 15 is 0 Å². The Hall–Kier alpha value is -1.26. The van der Waals surface area contributed by atoms with Gasteiger partial charge in [0.1, 0.15) is 0 Å². The van der Waals surface area contributed by atoms with Crippen molar-refractivity contribution in [2.75, 3.05) is 20.2 Å². The molecule has 0 aliphatic carbocycles. The van der Waals surface area contributed by atoms with Crippen molar-refractivity contribution >= 4 is 12.0 Å². The summed E-state index contributed by atoms with van der Waals surface area (Å²) in [6.45, 7) is 2.59. The Morgan fingerprint density at radius 3 is 2.22 bits per heavy atom. The Kier molecular flexibility index (Phi) is 11.3. The molecule has 0 aromatic carbocycles. The Morgan fingerprint density at radius 2 is 1.61 bits per heavy atom. The number of hydrogen-bond donors (Lipinski definition) is 2. The monoisotopic (exact) mass is 258 g/mol. The summed E-state index contributed by atoms with van der Waals surface area (Å²) in [5.41, 5.74) is 0. The molecule has 106 valence electrons. The number of hydrogen-bond acceptors (Lipinski definition) is 3. The molecular weight excluding hydrogens is 232 g/mol. The van der Waals surface area contributed by atoms with Gasteiger partial charge in [0.25, 0.3) is 5.91 Å². The molecule has 0 aliphatic rings. The molecular formula is C13H26N2O3. The van der Waals surface area contributed by atoms with Crippen molar-refractivity contribution in [3.63, 3.8) is 0 Å². The molecule has 0 aromatic heterocycles. The zero-order chi connectivity index (χ0) is 13.6. The molecule has 0 spiro atoms. The van der Waals surface area contributed by atoms with Crippen LogP contribution in [0.2, 0.25) is 0 Å². The fourth-order valence-electron chi connectivity index (χ4n) is 1.53. The van der Waals surface area contributed by atoms with Crippen LogP contribution < -0.4 is 10.6 Å². The number of carbonyl (C=O) groups excluding carboxylic acids is 2. The summed E-state index contributed by atoms with van der Waals surface area (Å²) in [5, 5.41) is 5.00. The average molecular weight is 258 g/mol. The van der Waals surface area contributed by atoms with Gasteiger partial charge in [-0.3, -0.25) is 4.79 Å². The van der Waals surface area contributed by atoms with Gasteiger partial charge in [-0.25, -0.2) is 4.79 Å². The lowest BCUT2D eigenvalue weighted by Gasteiger charge is -2.06. The SMILES string of the molecule is CCCCCCCCCNC(=O)OCC(=O)NC. The van der Waals surface area contributed by atoms with Crippen molar-refractivity contribution in [3.05, 3.63) is 0 Å². The minimum Gasteiger partial charge on any atom is -0.439 e. The normalized spacial score (nSPS) is 9.89. The lowest BCUT2D eigenvalue weighted by Crippen LogP contribution is -2.30. The minimum absolute atomic E-state index is 0.223. The van der Waals surface area contributed by atoms with Gasteiger partial charge in [0, 0.05) is 13.6 Å². The number of likely N-dealkylation sites (N-methyl/N-ethyl adjacent to an activating group) is 1. The van der Waals surface area contributed by atoms with Crippen LogP contribution in [0.5, 0.6) is 0 Å². The summed E-state index contributed by atoms with van der Waals surface area (Å²) >= 11 is 0. The molecule has 5 heteroatoms. The molecule has 2 amide bonds. The summed E-state index contributed by atoms with van der Waals surface area (Å²) in [6.07, 6.45) is 7.93. The van der Waals surface area contributed by atoms with E-state index in [1.165, 1.54) is 39.2 Å². The van der Waals surface area contributed by atoms with E-state index in [9.17, 15) is 9.59 Å². The van der Waals surface area contributed by atoms with Gasteiger partial charge in [-0.05, 0) is 6.42 Å². The zero-order valence-corrected chi connectivity index (χ0v) is 11.6. The first-order valence-electron chi connectivity index (χ1n) is 6.82. The summed E-state index contributed by atoms with van der Waals surface area (Å²) in [7, 11) is 1.50. The Bertz CT molecular complexity index is 232. The molecule has 0 aromatic rings. The van der Waals surface area contributed by atoms with Crippen LogP contribution in [0.1, 0.15) is 51.9 Å². The van der Waals surface area contributed by atoms with Crippen molar-refractivity contribution in [1.29, 1.82) is 0 Å². The first kappa shape index (κ1) is 16.7. The van der Waals surface area contributed by atoms with Crippen LogP contribution in [0.4, 0.5) is 4.79 Å². The third kappa shape index (κ3) is 11.2. The minimum atomic E-state index is -0.524. The Balaban J connectivity index is 3.22. The van der Waals surface area contributed by atoms with Gasteiger partial charge in [0.2, 0.25) is 0 Å². The van der Waals surface area contributed by atoms with E-state index in [1.807, 2.05) is 0 Å². The molecule has 0 unspecified atom stereocenters. The maximum Gasteiger partial charge on any atom is 0.407 e. The number of nitrogens with one attached hydrogen (secondary N) is 2. The van der Waals surface area contributed by atoms with Gasteiger partial charge < -0.3 is 15.4 Å². The molecule has 0 radical (unpaired) electrons. The van der Waals surface area contributed by atoms with Crippen molar-refractivity contribution in [2.24, 2.45) is 0 Å². The van der Waals surface area contributed by atoms with E-state index in [0.29, 0.717) is 6.54 Å². The smallest absolute Gasteiger partial charge is 0.407 e. The Labute approximate surface area is 110 Å². The highest BCUT2D eigenvalue weighted by Gasteiger charge is 2.04. The zero-order valence-electron chi connectivity index (χ0n) is 11.6. The van der Waals surface area contributed by atoms with Gasteiger partial charge >= 0.3 is 6.09 Å². The second-order valence-electron chi connectivity index (χ2n) is 4.30. The highest BCUT2D eigenvalue weighted by atomic mass is 16.6. The third-order valence-electron chi connectivity index (χ3n) is 2.66.